The number of hydrogen-bond acceptors (Lipinski definition) is 2. The lowest BCUT2D eigenvalue weighted by Crippen LogP contribution is -2.27. The quantitative estimate of drug-likeness (QED) is 0.158. The summed E-state index contributed by atoms with van der Waals surface area (Å²) in [6, 6.07) is 97.6. The molecule has 0 unspecified atom stereocenters. The van der Waals surface area contributed by atoms with Gasteiger partial charge in [0.25, 0.3) is 0 Å². The molecule has 15 rings (SSSR count). The molecule has 1 aromatic heterocycles. The fraction of sp³-hybridized carbons (Fsp3) is 0.114. The van der Waals surface area contributed by atoms with Crippen molar-refractivity contribution < 1.29 is 4.42 Å². The summed E-state index contributed by atoms with van der Waals surface area (Å²) in [5.41, 5.74) is 26.8. The van der Waals surface area contributed by atoms with Crippen LogP contribution in [0.1, 0.15) is 74.9 Å². The molecule has 0 amide bonds. The first-order valence-electron chi connectivity index (χ1n) is 28.5. The number of rotatable bonds is 7. The van der Waals surface area contributed by atoms with Crippen LogP contribution in [-0.4, -0.2) is 0 Å². The van der Waals surface area contributed by atoms with Gasteiger partial charge in [0.1, 0.15) is 11.2 Å². The number of hydrogen-bond donors (Lipinski definition) is 0. The number of benzene rings is 12. The van der Waals surface area contributed by atoms with Crippen molar-refractivity contribution >= 4 is 49.8 Å². The molecular weight excluding hydrogens is 979 g/mol. The van der Waals surface area contributed by atoms with Crippen molar-refractivity contribution in [1.82, 2.24) is 0 Å². The second kappa shape index (κ2) is 18.3. The molecular formula is C79H61NO. The average molecular weight is 1040 g/mol. The highest BCUT2D eigenvalue weighted by Crippen LogP contribution is 2.65. The second-order valence-electron chi connectivity index (χ2n) is 24.4. The zero-order valence-electron chi connectivity index (χ0n) is 46.7. The second-order valence-corrected chi connectivity index (χ2v) is 24.4. The van der Waals surface area contributed by atoms with Crippen LogP contribution in [0.25, 0.3) is 99.5 Å². The molecule has 81 heavy (non-hydrogen) atoms. The number of fused-ring (bicyclic) bond motifs is 14. The van der Waals surface area contributed by atoms with Crippen molar-refractivity contribution in [3.05, 3.63) is 294 Å². The molecule has 13 aromatic rings. The van der Waals surface area contributed by atoms with Crippen molar-refractivity contribution in [2.75, 3.05) is 4.90 Å². The molecule has 0 bridgehead atoms. The van der Waals surface area contributed by atoms with E-state index in [0.29, 0.717) is 0 Å². The van der Waals surface area contributed by atoms with Crippen LogP contribution in [0.5, 0.6) is 0 Å². The Kier molecular flexibility index (Phi) is 11.0. The summed E-state index contributed by atoms with van der Waals surface area (Å²) in [4.78, 5) is 2.45. The maximum Gasteiger partial charge on any atom is 0.143 e. The van der Waals surface area contributed by atoms with E-state index >= 15 is 0 Å². The lowest BCUT2D eigenvalue weighted by Gasteiger charge is -2.34. The molecule has 2 nitrogen and oxygen atoms in total. The Hall–Kier alpha value is -9.50. The van der Waals surface area contributed by atoms with E-state index in [1.807, 2.05) is 6.07 Å². The van der Waals surface area contributed by atoms with E-state index in [2.05, 4.69) is 301 Å². The van der Waals surface area contributed by atoms with Crippen LogP contribution in [0.2, 0.25) is 0 Å². The van der Waals surface area contributed by atoms with E-state index in [9.17, 15) is 0 Å². The molecule has 0 saturated carbocycles. The van der Waals surface area contributed by atoms with Gasteiger partial charge in [-0.25, -0.2) is 0 Å². The third-order valence-electron chi connectivity index (χ3n) is 17.6. The zero-order valence-corrected chi connectivity index (χ0v) is 46.7. The summed E-state index contributed by atoms with van der Waals surface area (Å²) in [5.74, 6) is 0. The highest BCUT2D eigenvalue weighted by Gasteiger charge is 2.53. The predicted molar refractivity (Wildman–Crippen MR) is 341 cm³/mol. The Bertz CT molecular complexity index is 4570. The first kappa shape index (κ1) is 48.6. The van der Waals surface area contributed by atoms with Gasteiger partial charge in [-0.1, -0.05) is 248 Å². The smallest absolute Gasteiger partial charge is 0.143 e. The highest BCUT2D eigenvalue weighted by molar-refractivity contribution is 6.10. The van der Waals surface area contributed by atoms with Crippen molar-refractivity contribution in [2.45, 2.75) is 57.8 Å². The Morgan fingerprint density at radius 2 is 0.753 bits per heavy atom. The van der Waals surface area contributed by atoms with Crippen LogP contribution < -0.4 is 4.90 Å². The van der Waals surface area contributed by atoms with Crippen LogP contribution in [-0.2, 0) is 16.2 Å². The van der Waals surface area contributed by atoms with Gasteiger partial charge < -0.3 is 9.32 Å². The van der Waals surface area contributed by atoms with Gasteiger partial charge in [0.05, 0.1) is 5.41 Å². The molecule has 0 fully saturated rings. The van der Waals surface area contributed by atoms with E-state index in [4.69, 9.17) is 4.42 Å². The number of para-hydroxylation sites is 2. The molecule has 0 atom stereocenters. The SMILES string of the molecule is CC(C)(C)c1ccc2c(c1)C1(c3cc(-c4cccc(-c5cccc6ccccc56)c4)ccc3-c3ccc(N(c4ccc(-c5ccccc5)cc4)c4ccc(-c5cccc6c5oc5ccccc56)cc4)cc31)c1cc(C(C)(C)C)ccc1-2. The predicted octanol–water partition coefficient (Wildman–Crippen LogP) is 21.8. The lowest BCUT2D eigenvalue weighted by molar-refractivity contribution is 0.586. The van der Waals surface area contributed by atoms with E-state index in [0.717, 1.165) is 50.1 Å². The van der Waals surface area contributed by atoms with Gasteiger partial charge in [-0.05, 0) is 171 Å². The van der Waals surface area contributed by atoms with Crippen molar-refractivity contribution in [2.24, 2.45) is 0 Å². The molecule has 2 aliphatic rings. The van der Waals surface area contributed by atoms with Gasteiger partial charge in [0, 0.05) is 33.4 Å². The maximum atomic E-state index is 6.58. The summed E-state index contributed by atoms with van der Waals surface area (Å²) >= 11 is 0. The summed E-state index contributed by atoms with van der Waals surface area (Å²) < 4.78 is 6.58. The van der Waals surface area contributed by atoms with Crippen molar-refractivity contribution in [1.29, 1.82) is 0 Å². The largest absolute Gasteiger partial charge is 0.455 e. The first-order chi connectivity index (χ1) is 39.4. The maximum absolute atomic E-state index is 6.58. The number of nitrogens with zero attached hydrogens (tertiary/aromatic N) is 1. The van der Waals surface area contributed by atoms with E-state index in [-0.39, 0.29) is 10.8 Å². The van der Waals surface area contributed by atoms with Gasteiger partial charge in [-0.15, -0.1) is 0 Å². The van der Waals surface area contributed by atoms with Crippen molar-refractivity contribution in [3.63, 3.8) is 0 Å². The van der Waals surface area contributed by atoms with Crippen LogP contribution in [0.15, 0.2) is 265 Å². The molecule has 0 radical (unpaired) electrons. The van der Waals surface area contributed by atoms with Gasteiger partial charge in [0.2, 0.25) is 0 Å². The zero-order chi connectivity index (χ0) is 54.8. The molecule has 0 N–H and O–H groups in total. The Morgan fingerprint density at radius 1 is 0.296 bits per heavy atom. The molecule has 12 aromatic carbocycles. The fourth-order valence-corrected chi connectivity index (χ4v) is 13.5. The lowest BCUT2D eigenvalue weighted by atomic mass is 9.68. The van der Waals surface area contributed by atoms with Gasteiger partial charge in [0.15, 0.2) is 0 Å². The van der Waals surface area contributed by atoms with E-state index in [1.165, 1.54) is 99.8 Å². The molecule has 2 aliphatic carbocycles. The van der Waals surface area contributed by atoms with Crippen molar-refractivity contribution in [3.8, 4) is 66.8 Å². The minimum Gasteiger partial charge on any atom is -0.455 e. The van der Waals surface area contributed by atoms with E-state index < -0.39 is 5.41 Å². The molecule has 1 spiro atoms. The van der Waals surface area contributed by atoms with Gasteiger partial charge >= 0.3 is 0 Å². The normalized spacial score (nSPS) is 13.2. The van der Waals surface area contributed by atoms with Crippen LogP contribution >= 0.6 is 0 Å². The molecule has 2 heteroatoms. The Balaban J connectivity index is 0.955. The molecule has 0 aliphatic heterocycles. The minimum atomic E-state index is -0.644. The summed E-state index contributed by atoms with van der Waals surface area (Å²) in [7, 11) is 0. The Morgan fingerprint density at radius 3 is 1.44 bits per heavy atom. The fourth-order valence-electron chi connectivity index (χ4n) is 13.5. The summed E-state index contributed by atoms with van der Waals surface area (Å²) in [6.45, 7) is 14.1. The van der Waals surface area contributed by atoms with Crippen LogP contribution in [0.4, 0.5) is 17.1 Å². The monoisotopic (exact) mass is 1040 g/mol. The van der Waals surface area contributed by atoms with Gasteiger partial charge in [-0.2, -0.15) is 0 Å². The third-order valence-corrected chi connectivity index (χ3v) is 17.6. The molecule has 1 heterocycles. The van der Waals surface area contributed by atoms with Crippen LogP contribution in [0, 0.1) is 0 Å². The Labute approximate surface area is 475 Å². The van der Waals surface area contributed by atoms with Crippen LogP contribution in [0.3, 0.4) is 0 Å². The summed E-state index contributed by atoms with van der Waals surface area (Å²) in [6.07, 6.45) is 0. The standard InChI is InChI=1S/C79H61NO/c1-77(2,3)57-34-42-66-67-43-35-58(78(4,5)6)48-73(67)79(72(66)47-57)71-46-55(54-21-14-22-56(45-54)63-25-15-20-52-19-10-11-23-62(52)63)33-41-65(71)68-44-40-61(49-74(68)79)80(59-36-29-51(30-37-59)50-17-8-7-9-18-50)60-38-31-53(32-39-60)64-26-16-27-70-69-24-12-13-28-75(69)81-76(64)70/h7-49H,1-6H3. The average Bonchev–Trinajstić information content (AvgIpc) is 1.69. The van der Waals surface area contributed by atoms with E-state index in [1.54, 1.807) is 0 Å². The molecule has 388 valence electrons. The van der Waals surface area contributed by atoms with Gasteiger partial charge in [-0.3, -0.25) is 0 Å². The first-order valence-corrected chi connectivity index (χ1v) is 28.5. The minimum absolute atomic E-state index is 0.0810. The number of anilines is 3. The topological polar surface area (TPSA) is 16.4 Å². The summed E-state index contributed by atoms with van der Waals surface area (Å²) in [5, 5.41) is 4.77. The third kappa shape index (κ3) is 7.76. The number of furan rings is 1. The highest BCUT2D eigenvalue weighted by atomic mass is 16.3. The molecule has 0 saturated heterocycles.